The number of halogens is 7. The number of hydrogen-bond acceptors (Lipinski definition) is 11. The number of carboxylic acid groups (broad SMARTS) is 1. The van der Waals surface area contributed by atoms with Crippen LogP contribution in [-0.4, -0.2) is 188 Å². The fourth-order valence-electron chi connectivity index (χ4n) is 14.1. The number of pyridine rings is 1. The summed E-state index contributed by atoms with van der Waals surface area (Å²) in [6.45, 7) is 5.73. The highest BCUT2D eigenvalue weighted by Gasteiger charge is 2.50. The summed E-state index contributed by atoms with van der Waals surface area (Å²) < 4.78 is 110. The summed E-state index contributed by atoms with van der Waals surface area (Å²) in [4.78, 5) is 83.0. The number of likely N-dealkylation sites (tertiary alicyclic amines) is 2. The van der Waals surface area contributed by atoms with Gasteiger partial charge in [0.25, 0.3) is 11.8 Å². The summed E-state index contributed by atoms with van der Waals surface area (Å²) >= 11 is 0. The lowest BCUT2D eigenvalue weighted by molar-refractivity contribution is -0.143. The van der Waals surface area contributed by atoms with Crippen LogP contribution >= 0.6 is 0 Å². The fraction of sp³-hybridized carbons (Fsp3) is 0.459. The number of ether oxygens (including phenoxy) is 2. The van der Waals surface area contributed by atoms with Gasteiger partial charge in [0, 0.05) is 109 Å². The summed E-state index contributed by atoms with van der Waals surface area (Å²) in [5.41, 5.74) is 0.875. The molecule has 4 aliphatic rings. The number of carbonyl (C=O) groups excluding carboxylic acids is 4. The van der Waals surface area contributed by atoms with Crippen LogP contribution in [-0.2, 0) is 55.4 Å². The van der Waals surface area contributed by atoms with E-state index in [9.17, 15) is 59.8 Å². The number of likely N-dealkylation sites (N-methyl/N-ethyl adjacent to an activating group) is 2. The van der Waals surface area contributed by atoms with Crippen molar-refractivity contribution < 1.29 is 69.3 Å². The molecule has 4 heterocycles. The lowest BCUT2D eigenvalue weighted by Crippen LogP contribution is -2.50. The van der Waals surface area contributed by atoms with Crippen LogP contribution in [0.2, 0.25) is 0 Å². The molecule has 0 unspecified atom stereocenters. The molecule has 0 radical (unpaired) electrons. The van der Waals surface area contributed by atoms with Gasteiger partial charge in [0.2, 0.25) is 11.8 Å². The molecular weight excluding hydrogens is 1280 g/mol. The van der Waals surface area contributed by atoms with Crippen molar-refractivity contribution in [2.75, 3.05) is 111 Å². The number of piperidine rings is 2. The van der Waals surface area contributed by atoms with Crippen molar-refractivity contribution in [3.05, 3.63) is 190 Å². The van der Waals surface area contributed by atoms with Crippen LogP contribution in [0.3, 0.4) is 0 Å². The molecule has 3 saturated heterocycles. The monoisotopic (exact) mass is 1360 g/mol. The predicted molar refractivity (Wildman–Crippen MR) is 356 cm³/mol. The first-order chi connectivity index (χ1) is 46.9. The predicted octanol–water partition coefficient (Wildman–Crippen LogP) is 12.0. The Balaban J connectivity index is 0.608. The molecule has 0 saturated carbocycles. The Kier molecular flexibility index (Phi) is 23.8. The molecule has 5 aromatic carbocycles. The SMILES string of the molecule is CN(CCN1CCC(N(C(=O)O)c2ccccc2-c2ccccc2)CC1)C(=O)CCCCCNCc1ccc(C(=O)N(C)CCCN(C)C(=O)CO[C@H]2Cc3ccccc3C23CCN(CC[C@]2(c4ccc(F)cc4)CN(C(=O)c4cc(C(F)(F)F)cc(C(F)(F)F)c4)CO2)CC3)nc1. The number of hydrogen-bond donors (Lipinski definition) is 2. The number of unbranched alkanes of at least 4 members (excludes halogenated alkanes) is 2. The molecule has 6 aromatic rings. The van der Waals surface area contributed by atoms with Gasteiger partial charge in [-0.3, -0.25) is 29.1 Å². The van der Waals surface area contributed by atoms with Crippen LogP contribution in [0.15, 0.2) is 140 Å². The fourth-order valence-corrected chi connectivity index (χ4v) is 14.1. The third kappa shape index (κ3) is 17.8. The molecule has 17 nitrogen and oxygen atoms in total. The van der Waals surface area contributed by atoms with Gasteiger partial charge in [0.1, 0.15) is 30.4 Å². The second kappa shape index (κ2) is 32.1. The van der Waals surface area contributed by atoms with Gasteiger partial charge in [-0.25, -0.2) is 9.18 Å². The van der Waals surface area contributed by atoms with Crippen molar-refractivity contribution in [3.63, 3.8) is 0 Å². The highest BCUT2D eigenvalue weighted by Crippen LogP contribution is 2.49. The van der Waals surface area contributed by atoms with Crippen LogP contribution in [0.1, 0.15) is 118 Å². The number of nitrogens with zero attached hydrogens (tertiary/aromatic N) is 8. The zero-order valence-corrected chi connectivity index (χ0v) is 55.6. The first-order valence-corrected chi connectivity index (χ1v) is 33.6. The standard InChI is InChI=1S/C74H86F7N9O8/c1-84(34-14-35-86(3)69(94)63-27-22-52(48-83-63)47-82-33-13-5-8-21-66(91)85(2)41-42-87-36-28-60(29-37-87)90(70(95)96)64-20-12-10-18-61(64)53-15-6-4-7-16-53)67(92)49-97-65-45-54-17-9-11-19-62(54)71(65)30-38-88(39-31-71)40-32-72(56-23-25-59(75)26-24-56)50-89(51-98-72)68(93)55-43-57(73(76,77)78)46-58(44-55)74(79,80)81/h4,6-7,9-12,15-20,22-27,43-44,46,48,60,65,82H,5,8,13-14,21,28-42,45,47,49-51H2,1-3H3,(H,95,96)/t65-,72+/m0/s1. The van der Waals surface area contributed by atoms with E-state index in [1.807, 2.05) is 79.8 Å². The molecule has 2 atom stereocenters. The number of anilines is 1. The Morgan fingerprint density at radius 1 is 0.704 bits per heavy atom. The summed E-state index contributed by atoms with van der Waals surface area (Å²) in [5, 5.41) is 13.8. The average Bonchev–Trinajstić information content (AvgIpc) is 1.58. The van der Waals surface area contributed by atoms with Gasteiger partial charge in [-0.1, -0.05) is 97.4 Å². The van der Waals surface area contributed by atoms with Crippen molar-refractivity contribution >= 4 is 35.4 Å². The van der Waals surface area contributed by atoms with Gasteiger partial charge in [-0.05, 0) is 148 Å². The Labute approximate surface area is 567 Å². The zero-order valence-electron chi connectivity index (χ0n) is 55.6. The van der Waals surface area contributed by atoms with Gasteiger partial charge >= 0.3 is 18.4 Å². The molecule has 3 fully saturated rings. The zero-order chi connectivity index (χ0) is 69.8. The van der Waals surface area contributed by atoms with E-state index >= 15 is 0 Å². The van der Waals surface area contributed by atoms with E-state index in [2.05, 4.69) is 32.2 Å². The largest absolute Gasteiger partial charge is 0.465 e. The van der Waals surface area contributed by atoms with Crippen molar-refractivity contribution in [3.8, 4) is 11.1 Å². The first kappa shape index (κ1) is 72.5. The smallest absolute Gasteiger partial charge is 0.416 e. The summed E-state index contributed by atoms with van der Waals surface area (Å²) in [7, 11) is 5.25. The average molecular weight is 1360 g/mol. The lowest BCUT2D eigenvalue weighted by Gasteiger charge is -2.44. The minimum Gasteiger partial charge on any atom is -0.465 e. The number of fused-ring (bicyclic) bond motifs is 2. The number of benzene rings is 5. The number of nitrogens with one attached hydrogen (secondary N) is 1. The molecule has 2 N–H and O–H groups in total. The van der Waals surface area contributed by atoms with E-state index in [-0.39, 0.29) is 55.5 Å². The van der Waals surface area contributed by atoms with Crippen LogP contribution in [0.4, 0.5) is 41.2 Å². The van der Waals surface area contributed by atoms with Crippen LogP contribution in [0.5, 0.6) is 0 Å². The second-order valence-electron chi connectivity index (χ2n) is 26.3. The van der Waals surface area contributed by atoms with E-state index < -0.39 is 64.6 Å². The second-order valence-corrected chi connectivity index (χ2v) is 26.3. The number of para-hydroxylation sites is 1. The summed E-state index contributed by atoms with van der Waals surface area (Å²) in [5.74, 6) is -1.95. The summed E-state index contributed by atoms with van der Waals surface area (Å²) in [6.07, 6.45) is -2.74. The normalized spacial score (nSPS) is 18.2. The quantitative estimate of drug-likeness (QED) is 0.0370. The number of rotatable bonds is 27. The van der Waals surface area contributed by atoms with Gasteiger partial charge in [0.05, 0.1) is 29.5 Å². The highest BCUT2D eigenvalue weighted by atomic mass is 19.4. The van der Waals surface area contributed by atoms with Gasteiger partial charge in [-0.15, -0.1) is 0 Å². The first-order valence-electron chi connectivity index (χ1n) is 33.6. The summed E-state index contributed by atoms with van der Waals surface area (Å²) in [6, 6.07) is 35.3. The van der Waals surface area contributed by atoms with Gasteiger partial charge in [0.15, 0.2) is 0 Å². The molecule has 1 aliphatic carbocycles. The topological polar surface area (TPSA) is 172 Å². The van der Waals surface area contributed by atoms with Gasteiger partial charge < -0.3 is 49.3 Å². The molecule has 10 rings (SSSR count). The number of alkyl halides is 6. The minimum atomic E-state index is -5.15. The van der Waals surface area contributed by atoms with Crippen LogP contribution in [0, 0.1) is 5.82 Å². The van der Waals surface area contributed by atoms with Crippen molar-refractivity contribution in [2.45, 2.75) is 113 Å². The van der Waals surface area contributed by atoms with Crippen molar-refractivity contribution in [1.82, 2.24) is 39.7 Å². The minimum absolute atomic E-state index is 0.0302. The Morgan fingerprint density at radius 3 is 2.04 bits per heavy atom. The number of amides is 5. The molecule has 1 aromatic heterocycles. The van der Waals surface area contributed by atoms with E-state index in [0.717, 1.165) is 78.2 Å². The molecular formula is C74H86F7N9O8. The molecule has 5 amide bonds. The van der Waals surface area contributed by atoms with Crippen molar-refractivity contribution in [1.29, 1.82) is 0 Å². The van der Waals surface area contributed by atoms with Crippen LogP contribution < -0.4 is 10.2 Å². The number of carbonyl (C=O) groups is 5. The lowest BCUT2D eigenvalue weighted by atomic mass is 9.72. The Hall–Kier alpha value is -8.29. The van der Waals surface area contributed by atoms with Crippen molar-refractivity contribution in [2.24, 2.45) is 0 Å². The Morgan fingerprint density at radius 2 is 1.36 bits per heavy atom. The van der Waals surface area contributed by atoms with Gasteiger partial charge in [-0.2, -0.15) is 26.3 Å². The van der Waals surface area contributed by atoms with Crippen LogP contribution in [0.25, 0.3) is 11.1 Å². The van der Waals surface area contributed by atoms with E-state index in [0.29, 0.717) is 120 Å². The molecule has 0 bridgehead atoms. The number of aromatic nitrogens is 1. The third-order valence-electron chi connectivity index (χ3n) is 19.9. The van der Waals surface area contributed by atoms with E-state index in [4.69, 9.17) is 9.47 Å². The molecule has 3 aliphatic heterocycles. The molecule has 1 spiro atoms. The maximum absolute atomic E-state index is 14.2. The van der Waals surface area contributed by atoms with E-state index in [1.165, 1.54) is 29.2 Å². The molecule has 524 valence electrons. The molecule has 98 heavy (non-hydrogen) atoms. The highest BCUT2D eigenvalue weighted by molar-refractivity contribution is 5.95. The maximum atomic E-state index is 14.2. The van der Waals surface area contributed by atoms with E-state index in [1.54, 1.807) is 41.1 Å². The maximum Gasteiger partial charge on any atom is 0.416 e. The Bertz CT molecular complexity index is 3670. The molecule has 24 heteroatoms. The third-order valence-corrected chi connectivity index (χ3v) is 19.9.